The minimum absolute atomic E-state index is 0.146. The van der Waals surface area contributed by atoms with Gasteiger partial charge in [0.2, 0.25) is 0 Å². The Morgan fingerprint density at radius 1 is 1.21 bits per heavy atom. The van der Waals surface area contributed by atoms with Crippen molar-refractivity contribution in [3.8, 4) is 0 Å². The molecule has 2 aromatic carbocycles. The molecule has 2 aromatic rings. The Kier molecular flexibility index (Phi) is 2.95. The van der Waals surface area contributed by atoms with Gasteiger partial charge in [-0.2, -0.15) is 0 Å². The van der Waals surface area contributed by atoms with Crippen LogP contribution in [0.5, 0.6) is 0 Å². The van der Waals surface area contributed by atoms with Crippen LogP contribution >= 0.6 is 0 Å². The number of aliphatic hydroxyl groups is 1. The maximum Gasteiger partial charge on any atom is 0.254 e. The summed E-state index contributed by atoms with van der Waals surface area (Å²) in [6.07, 6.45) is 0.154. The maximum atomic E-state index is 13.7. The average molecular weight is 259 g/mol. The second kappa shape index (κ2) is 4.63. The Hall–Kier alpha value is -1.94. The van der Waals surface area contributed by atoms with Gasteiger partial charge in [-0.15, -0.1) is 0 Å². The van der Waals surface area contributed by atoms with Gasteiger partial charge in [0, 0.05) is 24.0 Å². The van der Waals surface area contributed by atoms with E-state index in [0.717, 1.165) is 0 Å². The van der Waals surface area contributed by atoms with Crippen LogP contribution in [0.2, 0.25) is 0 Å². The van der Waals surface area contributed by atoms with E-state index in [2.05, 4.69) is 0 Å². The summed E-state index contributed by atoms with van der Waals surface area (Å²) in [6.45, 7) is 0.899. The first-order chi connectivity index (χ1) is 9.16. The molecule has 1 aliphatic heterocycles. The predicted octanol–water partition coefficient (Wildman–Crippen LogP) is 2.19. The molecule has 0 spiro atoms. The molecule has 1 amide bonds. The second-order valence-electron chi connectivity index (χ2n) is 4.83. The highest BCUT2D eigenvalue weighted by atomic mass is 19.1. The SMILES string of the molecule is O=C(c1ccc(F)c2ccccc12)N1CC[C@H](O)C1. The van der Waals surface area contributed by atoms with Crippen LogP contribution < -0.4 is 0 Å². The first kappa shape index (κ1) is 12.1. The minimum Gasteiger partial charge on any atom is -0.391 e. The van der Waals surface area contributed by atoms with Crippen molar-refractivity contribution in [2.45, 2.75) is 12.5 Å². The smallest absolute Gasteiger partial charge is 0.254 e. The van der Waals surface area contributed by atoms with Gasteiger partial charge in [0.25, 0.3) is 5.91 Å². The Labute approximate surface area is 110 Å². The third-order valence-corrected chi connectivity index (χ3v) is 3.55. The van der Waals surface area contributed by atoms with Gasteiger partial charge in [-0.25, -0.2) is 4.39 Å². The molecular weight excluding hydrogens is 245 g/mol. The van der Waals surface area contributed by atoms with Gasteiger partial charge in [-0.1, -0.05) is 24.3 Å². The van der Waals surface area contributed by atoms with Crippen molar-refractivity contribution in [2.24, 2.45) is 0 Å². The molecule has 0 unspecified atom stereocenters. The zero-order chi connectivity index (χ0) is 13.4. The van der Waals surface area contributed by atoms with Crippen LogP contribution in [-0.2, 0) is 0 Å². The summed E-state index contributed by atoms with van der Waals surface area (Å²) < 4.78 is 13.7. The Bertz CT molecular complexity index is 641. The Morgan fingerprint density at radius 2 is 1.95 bits per heavy atom. The molecule has 98 valence electrons. The normalized spacial score (nSPS) is 19.1. The fraction of sp³-hybridized carbons (Fsp3) is 0.267. The van der Waals surface area contributed by atoms with Crippen molar-refractivity contribution in [3.05, 3.63) is 47.8 Å². The van der Waals surface area contributed by atoms with Crippen molar-refractivity contribution < 1.29 is 14.3 Å². The van der Waals surface area contributed by atoms with E-state index in [1.54, 1.807) is 29.2 Å². The summed E-state index contributed by atoms with van der Waals surface area (Å²) in [5, 5.41) is 10.6. The number of rotatable bonds is 1. The lowest BCUT2D eigenvalue weighted by molar-refractivity contribution is 0.0767. The molecule has 1 aliphatic rings. The van der Waals surface area contributed by atoms with E-state index >= 15 is 0 Å². The van der Waals surface area contributed by atoms with E-state index in [-0.39, 0.29) is 11.7 Å². The molecule has 19 heavy (non-hydrogen) atoms. The number of hydrogen-bond donors (Lipinski definition) is 1. The summed E-state index contributed by atoms with van der Waals surface area (Å²) in [4.78, 5) is 14.0. The van der Waals surface area contributed by atoms with Crippen LogP contribution in [-0.4, -0.2) is 35.1 Å². The molecule has 0 aromatic heterocycles. The van der Waals surface area contributed by atoms with Crippen LogP contribution in [0.25, 0.3) is 10.8 Å². The molecule has 1 heterocycles. The maximum absolute atomic E-state index is 13.7. The first-order valence-corrected chi connectivity index (χ1v) is 6.31. The van der Waals surface area contributed by atoms with Crippen molar-refractivity contribution in [1.29, 1.82) is 0 Å². The quantitative estimate of drug-likeness (QED) is 0.852. The molecule has 0 radical (unpaired) electrons. The van der Waals surface area contributed by atoms with Crippen molar-refractivity contribution in [2.75, 3.05) is 13.1 Å². The lowest BCUT2D eigenvalue weighted by atomic mass is 10.0. The van der Waals surface area contributed by atoms with Crippen molar-refractivity contribution in [3.63, 3.8) is 0 Å². The molecule has 4 heteroatoms. The van der Waals surface area contributed by atoms with E-state index in [4.69, 9.17) is 0 Å². The fourth-order valence-corrected chi connectivity index (χ4v) is 2.55. The largest absolute Gasteiger partial charge is 0.391 e. The van der Waals surface area contributed by atoms with Crippen molar-refractivity contribution in [1.82, 2.24) is 4.90 Å². The van der Waals surface area contributed by atoms with Gasteiger partial charge >= 0.3 is 0 Å². The molecule has 0 bridgehead atoms. The summed E-state index contributed by atoms with van der Waals surface area (Å²) in [6, 6.07) is 9.79. The summed E-state index contributed by atoms with van der Waals surface area (Å²) in [7, 11) is 0. The molecule has 0 aliphatic carbocycles. The monoisotopic (exact) mass is 259 g/mol. The lowest BCUT2D eigenvalue weighted by Crippen LogP contribution is -2.29. The fourth-order valence-electron chi connectivity index (χ4n) is 2.55. The van der Waals surface area contributed by atoms with Gasteiger partial charge in [0.05, 0.1) is 6.10 Å². The van der Waals surface area contributed by atoms with Crippen LogP contribution in [0.4, 0.5) is 4.39 Å². The third kappa shape index (κ3) is 2.08. The molecular formula is C15H14FNO2. The van der Waals surface area contributed by atoms with Crippen LogP contribution in [0, 0.1) is 5.82 Å². The van der Waals surface area contributed by atoms with Gasteiger partial charge in [0.15, 0.2) is 0 Å². The number of carbonyl (C=O) groups is 1. The van der Waals surface area contributed by atoms with Crippen LogP contribution in [0.3, 0.4) is 0 Å². The summed E-state index contributed by atoms with van der Waals surface area (Å²) >= 11 is 0. The second-order valence-corrected chi connectivity index (χ2v) is 4.83. The number of β-amino-alcohol motifs (C(OH)–C–C–N with tert-alkyl or cyclic N) is 1. The van der Waals surface area contributed by atoms with Gasteiger partial charge in [-0.05, 0) is 23.9 Å². The molecule has 1 atom stereocenters. The van der Waals surface area contributed by atoms with E-state index in [1.807, 2.05) is 0 Å². The number of carbonyl (C=O) groups excluding carboxylic acids is 1. The van der Waals surface area contributed by atoms with E-state index < -0.39 is 6.10 Å². The molecule has 1 fully saturated rings. The number of benzene rings is 2. The predicted molar refractivity (Wildman–Crippen MR) is 70.4 cm³/mol. The van der Waals surface area contributed by atoms with Gasteiger partial charge in [0.1, 0.15) is 5.82 Å². The van der Waals surface area contributed by atoms with E-state index in [0.29, 0.717) is 35.8 Å². The average Bonchev–Trinajstić information content (AvgIpc) is 2.86. The molecule has 3 rings (SSSR count). The number of likely N-dealkylation sites (tertiary alicyclic amines) is 1. The zero-order valence-electron chi connectivity index (χ0n) is 10.3. The number of halogens is 1. The molecule has 3 nitrogen and oxygen atoms in total. The van der Waals surface area contributed by atoms with E-state index in [9.17, 15) is 14.3 Å². The minimum atomic E-state index is -0.448. The highest BCUT2D eigenvalue weighted by Gasteiger charge is 2.26. The summed E-state index contributed by atoms with van der Waals surface area (Å²) in [5.41, 5.74) is 0.492. The van der Waals surface area contributed by atoms with Gasteiger partial charge < -0.3 is 10.0 Å². The number of nitrogens with zero attached hydrogens (tertiary/aromatic N) is 1. The topological polar surface area (TPSA) is 40.5 Å². The van der Waals surface area contributed by atoms with Gasteiger partial charge in [-0.3, -0.25) is 4.79 Å². The summed E-state index contributed by atoms with van der Waals surface area (Å²) in [5.74, 6) is -0.471. The van der Waals surface area contributed by atoms with Crippen molar-refractivity contribution >= 4 is 16.7 Å². The number of fused-ring (bicyclic) bond motifs is 1. The zero-order valence-corrected chi connectivity index (χ0v) is 10.3. The number of amides is 1. The lowest BCUT2D eigenvalue weighted by Gasteiger charge is -2.17. The first-order valence-electron chi connectivity index (χ1n) is 6.31. The highest BCUT2D eigenvalue weighted by molar-refractivity contribution is 6.07. The highest BCUT2D eigenvalue weighted by Crippen LogP contribution is 2.24. The molecule has 1 N–H and O–H groups in total. The molecule has 1 saturated heterocycles. The van der Waals surface area contributed by atoms with Crippen LogP contribution in [0.1, 0.15) is 16.8 Å². The van der Waals surface area contributed by atoms with E-state index in [1.165, 1.54) is 12.1 Å². The Balaban J connectivity index is 2.06. The number of aliphatic hydroxyl groups excluding tert-OH is 1. The number of hydrogen-bond acceptors (Lipinski definition) is 2. The molecule has 0 saturated carbocycles. The third-order valence-electron chi connectivity index (χ3n) is 3.55. The standard InChI is InChI=1S/C15H14FNO2/c16-14-6-5-13(11-3-1-2-4-12(11)14)15(19)17-8-7-10(18)9-17/h1-6,10,18H,7-9H2/t10-/m0/s1. The Morgan fingerprint density at radius 3 is 2.63 bits per heavy atom. The van der Waals surface area contributed by atoms with Crippen LogP contribution in [0.15, 0.2) is 36.4 Å².